The zero-order chi connectivity index (χ0) is 28.9. The molecule has 1 aromatic heterocycles. The van der Waals surface area contributed by atoms with E-state index < -0.39 is 28.0 Å². The van der Waals surface area contributed by atoms with Gasteiger partial charge in [-0.05, 0) is 54.3 Å². The largest absolute Gasteiger partial charge is 0.474 e. The zero-order valence-electron chi connectivity index (χ0n) is 22.8. The highest BCUT2D eigenvalue weighted by Crippen LogP contribution is 2.36. The van der Waals surface area contributed by atoms with Crippen LogP contribution in [0.25, 0.3) is 0 Å². The van der Waals surface area contributed by atoms with E-state index in [-0.39, 0.29) is 24.2 Å². The number of nitrogens with zero attached hydrogens (tertiary/aromatic N) is 1. The maximum Gasteiger partial charge on any atom is 0.303 e. The van der Waals surface area contributed by atoms with E-state index in [1.165, 1.54) is 19.1 Å². The minimum Gasteiger partial charge on any atom is -0.474 e. The monoisotopic (exact) mass is 568 g/mol. The first-order valence-corrected chi connectivity index (χ1v) is 14.4. The molecule has 0 saturated carbocycles. The van der Waals surface area contributed by atoms with Crippen molar-refractivity contribution in [2.45, 2.75) is 64.1 Å². The summed E-state index contributed by atoms with van der Waals surface area (Å²) in [6.45, 7) is 7.30. The lowest BCUT2D eigenvalue weighted by molar-refractivity contribution is -0.142. The topological polar surface area (TPSA) is 130 Å². The molecule has 0 radical (unpaired) electrons. The summed E-state index contributed by atoms with van der Waals surface area (Å²) >= 11 is 0. The number of esters is 1. The van der Waals surface area contributed by atoms with Crippen molar-refractivity contribution < 1.29 is 37.0 Å². The number of carbonyl (C=O) groups excluding carboxylic acids is 2. The van der Waals surface area contributed by atoms with Crippen LogP contribution >= 0.6 is 0 Å². The Morgan fingerprint density at radius 2 is 1.70 bits per heavy atom. The number of sulfonamides is 1. The molecule has 10 nitrogen and oxygen atoms in total. The SMILES string of the molecule is CCCc1nc(COC(C)=O)ccc1OC(C(=O)NS(=O)(=O)c1ccc(C(C)C)cc1)c1ccc2c(c1)OCO2. The summed E-state index contributed by atoms with van der Waals surface area (Å²) < 4.78 is 50.5. The average molecular weight is 569 g/mol. The van der Waals surface area contributed by atoms with Gasteiger partial charge in [0.05, 0.1) is 16.3 Å². The van der Waals surface area contributed by atoms with Crippen molar-refractivity contribution in [2.24, 2.45) is 0 Å². The fourth-order valence-electron chi connectivity index (χ4n) is 4.07. The molecular formula is C29H32N2O8S. The van der Waals surface area contributed by atoms with Crippen molar-refractivity contribution in [1.82, 2.24) is 9.71 Å². The molecule has 2 heterocycles. The molecular weight excluding hydrogens is 536 g/mol. The lowest BCUT2D eigenvalue weighted by Gasteiger charge is -2.21. The van der Waals surface area contributed by atoms with E-state index in [1.54, 1.807) is 42.5 Å². The molecule has 1 N–H and O–H groups in total. The number of fused-ring (bicyclic) bond motifs is 1. The summed E-state index contributed by atoms with van der Waals surface area (Å²) in [6.07, 6.45) is -0.128. The van der Waals surface area contributed by atoms with E-state index in [0.717, 1.165) is 12.0 Å². The van der Waals surface area contributed by atoms with E-state index in [1.807, 2.05) is 20.8 Å². The van der Waals surface area contributed by atoms with Crippen LogP contribution in [0.1, 0.15) is 68.7 Å². The molecule has 0 spiro atoms. The van der Waals surface area contributed by atoms with Crippen LogP contribution in [0, 0.1) is 0 Å². The smallest absolute Gasteiger partial charge is 0.303 e. The Balaban J connectivity index is 1.66. The van der Waals surface area contributed by atoms with Gasteiger partial charge in [0, 0.05) is 12.5 Å². The van der Waals surface area contributed by atoms with Crippen LogP contribution in [0.3, 0.4) is 0 Å². The van der Waals surface area contributed by atoms with Gasteiger partial charge in [0.2, 0.25) is 12.9 Å². The second-order valence-corrected chi connectivity index (χ2v) is 11.3. The molecule has 40 heavy (non-hydrogen) atoms. The number of hydrogen-bond acceptors (Lipinski definition) is 9. The van der Waals surface area contributed by atoms with Gasteiger partial charge in [-0.3, -0.25) is 14.6 Å². The number of rotatable bonds is 11. The molecule has 212 valence electrons. The van der Waals surface area contributed by atoms with Gasteiger partial charge < -0.3 is 18.9 Å². The number of ether oxygens (including phenoxy) is 4. The quantitative estimate of drug-likeness (QED) is 0.331. The molecule has 11 heteroatoms. The molecule has 2 aromatic carbocycles. The maximum absolute atomic E-state index is 13.6. The Bertz CT molecular complexity index is 1490. The third-order valence-corrected chi connectivity index (χ3v) is 7.54. The highest BCUT2D eigenvalue weighted by Gasteiger charge is 2.30. The summed E-state index contributed by atoms with van der Waals surface area (Å²) in [6, 6.07) is 14.4. The van der Waals surface area contributed by atoms with E-state index in [9.17, 15) is 18.0 Å². The van der Waals surface area contributed by atoms with Crippen molar-refractivity contribution in [2.75, 3.05) is 6.79 Å². The minimum absolute atomic E-state index is 0.00769. The maximum atomic E-state index is 13.6. The van der Waals surface area contributed by atoms with Crippen molar-refractivity contribution in [3.05, 3.63) is 77.1 Å². The molecule has 1 atom stereocenters. The Kier molecular flexibility index (Phi) is 8.93. The molecule has 3 aromatic rings. The normalized spacial score (nSPS) is 13.1. The van der Waals surface area contributed by atoms with Crippen LogP contribution in [0.4, 0.5) is 0 Å². The van der Waals surface area contributed by atoms with E-state index in [0.29, 0.717) is 40.6 Å². The lowest BCUT2D eigenvalue weighted by atomic mass is 10.0. The summed E-state index contributed by atoms with van der Waals surface area (Å²) in [4.78, 5) is 29.3. The molecule has 0 bridgehead atoms. The van der Waals surface area contributed by atoms with Crippen LogP contribution in [-0.2, 0) is 37.4 Å². The summed E-state index contributed by atoms with van der Waals surface area (Å²) in [5, 5.41) is 0. The molecule has 1 aliphatic rings. The third-order valence-electron chi connectivity index (χ3n) is 6.17. The Morgan fingerprint density at radius 3 is 2.38 bits per heavy atom. The molecule has 1 amide bonds. The number of amides is 1. The van der Waals surface area contributed by atoms with Gasteiger partial charge in [0.25, 0.3) is 15.9 Å². The molecule has 4 rings (SSSR count). The van der Waals surface area contributed by atoms with Gasteiger partial charge in [0.15, 0.2) is 11.5 Å². The summed E-state index contributed by atoms with van der Waals surface area (Å²) in [5.41, 5.74) is 2.39. The van der Waals surface area contributed by atoms with Gasteiger partial charge in [-0.1, -0.05) is 45.4 Å². The molecule has 0 saturated heterocycles. The van der Waals surface area contributed by atoms with E-state index in [2.05, 4.69) is 9.71 Å². The second-order valence-electron chi connectivity index (χ2n) is 9.58. The van der Waals surface area contributed by atoms with Crippen molar-refractivity contribution >= 4 is 21.9 Å². The second kappa shape index (κ2) is 12.4. The van der Waals surface area contributed by atoms with Gasteiger partial charge in [-0.15, -0.1) is 0 Å². The molecule has 1 unspecified atom stereocenters. The predicted octanol–water partition coefficient (Wildman–Crippen LogP) is 4.57. The first-order chi connectivity index (χ1) is 19.1. The van der Waals surface area contributed by atoms with Gasteiger partial charge >= 0.3 is 5.97 Å². The zero-order valence-corrected chi connectivity index (χ0v) is 23.6. The number of aromatic nitrogens is 1. The summed E-state index contributed by atoms with van der Waals surface area (Å²) in [7, 11) is -4.20. The number of hydrogen-bond donors (Lipinski definition) is 1. The van der Waals surface area contributed by atoms with Crippen LogP contribution in [0.15, 0.2) is 59.5 Å². The van der Waals surface area contributed by atoms with E-state index in [4.69, 9.17) is 18.9 Å². The first-order valence-electron chi connectivity index (χ1n) is 12.9. The molecule has 1 aliphatic heterocycles. The minimum atomic E-state index is -4.20. The standard InChI is InChI=1S/C29H32N2O8S/c1-5-6-24-25(14-10-22(30-24)16-36-19(4)32)39-28(21-9-13-26-27(15-21)38-17-37-26)29(33)31-40(34,35)23-11-7-20(8-12-23)18(2)3/h7-15,18,28H,5-6,16-17H2,1-4H3,(H,31,33). The number of nitrogens with one attached hydrogen (secondary N) is 1. The molecule has 0 fully saturated rings. The third kappa shape index (κ3) is 6.90. The number of pyridine rings is 1. The Labute approximate surface area is 233 Å². The van der Waals surface area contributed by atoms with Crippen LogP contribution in [0.2, 0.25) is 0 Å². The fourth-order valence-corrected chi connectivity index (χ4v) is 5.05. The predicted molar refractivity (Wildman–Crippen MR) is 145 cm³/mol. The van der Waals surface area contributed by atoms with Crippen molar-refractivity contribution in [1.29, 1.82) is 0 Å². The average Bonchev–Trinajstić information content (AvgIpc) is 3.39. The van der Waals surface area contributed by atoms with Crippen LogP contribution < -0.4 is 18.9 Å². The number of benzene rings is 2. The molecule has 0 aliphatic carbocycles. The Morgan fingerprint density at radius 1 is 1.00 bits per heavy atom. The summed E-state index contributed by atoms with van der Waals surface area (Å²) in [5.74, 6) is 0.113. The number of aryl methyl sites for hydroxylation is 1. The highest BCUT2D eigenvalue weighted by atomic mass is 32.2. The van der Waals surface area contributed by atoms with Crippen molar-refractivity contribution in [3.63, 3.8) is 0 Å². The first kappa shape index (κ1) is 28.9. The lowest BCUT2D eigenvalue weighted by Crippen LogP contribution is -2.37. The highest BCUT2D eigenvalue weighted by molar-refractivity contribution is 7.90. The van der Waals surface area contributed by atoms with Crippen LogP contribution in [0.5, 0.6) is 17.2 Å². The van der Waals surface area contributed by atoms with Crippen LogP contribution in [-0.4, -0.2) is 32.1 Å². The fraction of sp³-hybridized carbons (Fsp3) is 0.345. The van der Waals surface area contributed by atoms with Gasteiger partial charge in [-0.2, -0.15) is 0 Å². The number of carbonyl (C=O) groups is 2. The van der Waals surface area contributed by atoms with Gasteiger partial charge in [-0.25, -0.2) is 13.1 Å². The van der Waals surface area contributed by atoms with Crippen molar-refractivity contribution in [3.8, 4) is 17.2 Å². The van der Waals surface area contributed by atoms with Gasteiger partial charge in [0.1, 0.15) is 12.4 Å². The Hall–Kier alpha value is -4.12. The van der Waals surface area contributed by atoms with E-state index >= 15 is 0 Å².